The van der Waals surface area contributed by atoms with Crippen LogP contribution >= 0.6 is 23.4 Å². The van der Waals surface area contributed by atoms with Gasteiger partial charge in [0.05, 0.1) is 5.75 Å². The molecule has 1 heterocycles. The molecule has 0 atom stereocenters. The van der Waals surface area contributed by atoms with Crippen molar-refractivity contribution in [2.24, 2.45) is 0 Å². The van der Waals surface area contributed by atoms with Crippen molar-refractivity contribution in [3.63, 3.8) is 0 Å². The van der Waals surface area contributed by atoms with Crippen LogP contribution in [0.3, 0.4) is 0 Å². The normalized spacial score (nSPS) is 10.7. The van der Waals surface area contributed by atoms with Crippen molar-refractivity contribution in [1.82, 2.24) is 14.8 Å². The Bertz CT molecular complexity index is 627. The second-order valence-corrected chi connectivity index (χ2v) is 6.12. The fourth-order valence-electron chi connectivity index (χ4n) is 2.01. The van der Waals surface area contributed by atoms with E-state index in [-0.39, 0.29) is 5.91 Å². The van der Waals surface area contributed by atoms with Crippen LogP contribution in [0.25, 0.3) is 0 Å². The molecule has 1 aromatic carbocycles. The molecule has 7 heteroatoms. The molecule has 0 aliphatic carbocycles. The minimum atomic E-state index is -0.0741. The second kappa shape index (κ2) is 8.19. The molecule has 2 aromatic rings. The zero-order chi connectivity index (χ0) is 15.9. The van der Waals surface area contributed by atoms with Gasteiger partial charge in [-0.05, 0) is 37.6 Å². The number of halogens is 1. The highest BCUT2D eigenvalue weighted by molar-refractivity contribution is 7.99. The van der Waals surface area contributed by atoms with Gasteiger partial charge < -0.3 is 9.88 Å². The lowest BCUT2D eigenvalue weighted by atomic mass is 10.3. The number of aryl methyl sites for hydroxylation is 1. The first kappa shape index (κ1) is 16.8. The fraction of sp³-hybridized carbons (Fsp3) is 0.400. The molecule has 0 bridgehead atoms. The Hall–Kier alpha value is -1.53. The second-order valence-electron chi connectivity index (χ2n) is 4.74. The van der Waals surface area contributed by atoms with Gasteiger partial charge in [-0.3, -0.25) is 4.79 Å². The van der Waals surface area contributed by atoms with Crippen molar-refractivity contribution < 1.29 is 4.79 Å². The van der Waals surface area contributed by atoms with Gasteiger partial charge in [-0.25, -0.2) is 0 Å². The molecular weight excluding hydrogens is 320 g/mol. The average molecular weight is 339 g/mol. The number of rotatable bonds is 7. The molecule has 0 spiro atoms. The first-order chi connectivity index (χ1) is 10.6. The van der Waals surface area contributed by atoms with Crippen LogP contribution in [0.15, 0.2) is 29.4 Å². The number of carbonyl (C=O) groups is 1. The van der Waals surface area contributed by atoms with Crippen LogP contribution in [0, 0.1) is 0 Å². The maximum absolute atomic E-state index is 12.0. The Morgan fingerprint density at radius 1 is 1.27 bits per heavy atom. The van der Waals surface area contributed by atoms with Gasteiger partial charge >= 0.3 is 0 Å². The smallest absolute Gasteiger partial charge is 0.234 e. The zero-order valence-electron chi connectivity index (χ0n) is 12.7. The quantitative estimate of drug-likeness (QED) is 0.783. The van der Waals surface area contributed by atoms with E-state index in [4.69, 9.17) is 11.6 Å². The van der Waals surface area contributed by atoms with Gasteiger partial charge in [0.1, 0.15) is 5.82 Å². The molecule has 0 unspecified atom stereocenters. The Kier molecular flexibility index (Phi) is 6.27. The minimum Gasteiger partial charge on any atom is -0.325 e. The summed E-state index contributed by atoms with van der Waals surface area (Å²) in [4.78, 5) is 12.0. The Labute approximate surface area is 139 Å². The minimum absolute atomic E-state index is 0.0741. The van der Waals surface area contributed by atoms with Crippen molar-refractivity contribution in [2.75, 3.05) is 11.1 Å². The van der Waals surface area contributed by atoms with E-state index >= 15 is 0 Å². The van der Waals surface area contributed by atoms with Gasteiger partial charge in [0.15, 0.2) is 5.16 Å². The standard InChI is InChI=1S/C15H19ClN4OS/c1-3-5-13-18-19-15(20(13)4-2)22-10-14(21)17-12-8-6-11(16)7-9-12/h6-9H,3-5,10H2,1-2H3,(H,17,21). The predicted molar refractivity (Wildman–Crippen MR) is 90.5 cm³/mol. The number of thioether (sulfide) groups is 1. The molecule has 1 N–H and O–H groups in total. The maximum Gasteiger partial charge on any atom is 0.234 e. The molecule has 1 amide bonds. The first-order valence-corrected chi connectivity index (χ1v) is 8.60. The molecule has 1 aromatic heterocycles. The van der Waals surface area contributed by atoms with Crippen LogP contribution < -0.4 is 5.32 Å². The van der Waals surface area contributed by atoms with Crippen molar-refractivity contribution in [3.8, 4) is 0 Å². The summed E-state index contributed by atoms with van der Waals surface area (Å²) in [5, 5.41) is 12.6. The molecule has 118 valence electrons. The number of amides is 1. The van der Waals surface area contributed by atoms with Crippen LogP contribution in [0.1, 0.15) is 26.1 Å². The van der Waals surface area contributed by atoms with E-state index < -0.39 is 0 Å². The topological polar surface area (TPSA) is 59.8 Å². The van der Waals surface area contributed by atoms with Gasteiger partial charge in [-0.2, -0.15) is 0 Å². The summed E-state index contributed by atoms with van der Waals surface area (Å²) < 4.78 is 2.06. The molecule has 2 rings (SSSR count). The summed E-state index contributed by atoms with van der Waals surface area (Å²) in [7, 11) is 0. The van der Waals surface area contributed by atoms with Gasteiger partial charge in [-0.15, -0.1) is 10.2 Å². The van der Waals surface area contributed by atoms with E-state index in [1.807, 2.05) is 0 Å². The van der Waals surface area contributed by atoms with Gasteiger partial charge in [0.25, 0.3) is 0 Å². The number of carbonyl (C=O) groups excluding carboxylic acids is 1. The van der Waals surface area contributed by atoms with Gasteiger partial charge in [-0.1, -0.05) is 30.3 Å². The summed E-state index contributed by atoms with van der Waals surface area (Å²) in [6.45, 7) is 4.98. The molecule has 0 aliphatic heterocycles. The molecule has 22 heavy (non-hydrogen) atoms. The van der Waals surface area contributed by atoms with E-state index in [0.717, 1.165) is 36.1 Å². The zero-order valence-corrected chi connectivity index (χ0v) is 14.2. The molecule has 5 nitrogen and oxygen atoms in total. The molecular formula is C15H19ClN4OS. The van der Waals surface area contributed by atoms with Crippen molar-refractivity contribution in [3.05, 3.63) is 35.1 Å². The Morgan fingerprint density at radius 3 is 2.64 bits per heavy atom. The lowest BCUT2D eigenvalue weighted by Crippen LogP contribution is -2.14. The largest absolute Gasteiger partial charge is 0.325 e. The van der Waals surface area contributed by atoms with E-state index in [2.05, 4.69) is 33.9 Å². The highest BCUT2D eigenvalue weighted by Gasteiger charge is 2.12. The summed E-state index contributed by atoms with van der Waals surface area (Å²) in [6.07, 6.45) is 1.93. The highest BCUT2D eigenvalue weighted by atomic mass is 35.5. The summed E-state index contributed by atoms with van der Waals surface area (Å²) in [5.41, 5.74) is 0.735. The van der Waals surface area contributed by atoms with Crippen LogP contribution in [-0.2, 0) is 17.8 Å². The van der Waals surface area contributed by atoms with E-state index in [0.29, 0.717) is 10.8 Å². The van der Waals surface area contributed by atoms with E-state index in [9.17, 15) is 4.79 Å². The molecule has 0 aliphatic rings. The summed E-state index contributed by atoms with van der Waals surface area (Å²) in [6, 6.07) is 7.04. The predicted octanol–water partition coefficient (Wildman–Crippen LogP) is 3.63. The maximum atomic E-state index is 12.0. The van der Waals surface area contributed by atoms with Crippen LogP contribution in [0.4, 0.5) is 5.69 Å². The van der Waals surface area contributed by atoms with Crippen molar-refractivity contribution in [2.45, 2.75) is 38.4 Å². The molecule has 0 fully saturated rings. The molecule has 0 radical (unpaired) electrons. The lowest BCUT2D eigenvalue weighted by molar-refractivity contribution is -0.113. The average Bonchev–Trinajstić information content (AvgIpc) is 2.90. The van der Waals surface area contributed by atoms with E-state index in [1.165, 1.54) is 11.8 Å². The van der Waals surface area contributed by atoms with Gasteiger partial charge in [0, 0.05) is 23.7 Å². The monoisotopic (exact) mass is 338 g/mol. The third kappa shape index (κ3) is 4.48. The van der Waals surface area contributed by atoms with Crippen LogP contribution in [-0.4, -0.2) is 26.4 Å². The van der Waals surface area contributed by atoms with Crippen LogP contribution in [0.2, 0.25) is 5.02 Å². The summed E-state index contributed by atoms with van der Waals surface area (Å²) in [5.74, 6) is 1.20. The highest BCUT2D eigenvalue weighted by Crippen LogP contribution is 2.19. The van der Waals surface area contributed by atoms with Gasteiger partial charge in [0.2, 0.25) is 5.91 Å². The number of hydrogen-bond donors (Lipinski definition) is 1. The number of benzene rings is 1. The Balaban J connectivity index is 1.92. The summed E-state index contributed by atoms with van der Waals surface area (Å²) >= 11 is 7.22. The number of anilines is 1. The van der Waals surface area contributed by atoms with Crippen LogP contribution in [0.5, 0.6) is 0 Å². The molecule has 0 saturated heterocycles. The van der Waals surface area contributed by atoms with Crippen molar-refractivity contribution >= 4 is 35.0 Å². The number of nitrogens with one attached hydrogen (secondary N) is 1. The molecule has 0 saturated carbocycles. The lowest BCUT2D eigenvalue weighted by Gasteiger charge is -2.07. The first-order valence-electron chi connectivity index (χ1n) is 7.24. The third-order valence-electron chi connectivity index (χ3n) is 3.04. The number of aromatic nitrogens is 3. The van der Waals surface area contributed by atoms with Crippen molar-refractivity contribution in [1.29, 1.82) is 0 Å². The third-order valence-corrected chi connectivity index (χ3v) is 4.26. The van der Waals surface area contributed by atoms with E-state index in [1.54, 1.807) is 24.3 Å². The number of nitrogens with zero attached hydrogens (tertiary/aromatic N) is 3. The Morgan fingerprint density at radius 2 is 2.00 bits per heavy atom. The SMILES string of the molecule is CCCc1nnc(SCC(=O)Nc2ccc(Cl)cc2)n1CC. The number of hydrogen-bond acceptors (Lipinski definition) is 4. The fourth-order valence-corrected chi connectivity index (χ4v) is 2.96.